The predicted octanol–water partition coefficient (Wildman–Crippen LogP) is 12.2. The summed E-state index contributed by atoms with van der Waals surface area (Å²) in [5.41, 5.74) is 5.34. The third kappa shape index (κ3) is 39.7. The summed E-state index contributed by atoms with van der Waals surface area (Å²) in [6.45, 7) is 3.69. The molecular formula is C43H80NO8P. The summed E-state index contributed by atoms with van der Waals surface area (Å²) in [4.78, 5) is 34.8. The van der Waals surface area contributed by atoms with Crippen LogP contribution in [0.2, 0.25) is 0 Å². The van der Waals surface area contributed by atoms with Crippen LogP contribution in [0.1, 0.15) is 194 Å². The van der Waals surface area contributed by atoms with Gasteiger partial charge in [-0.2, -0.15) is 0 Å². The quantitative estimate of drug-likeness (QED) is 0.0270. The van der Waals surface area contributed by atoms with Crippen LogP contribution in [-0.2, 0) is 32.7 Å². The van der Waals surface area contributed by atoms with Crippen molar-refractivity contribution in [2.45, 2.75) is 200 Å². The monoisotopic (exact) mass is 770 g/mol. The third-order valence-corrected chi connectivity index (χ3v) is 9.98. The Labute approximate surface area is 324 Å². The molecule has 0 amide bonds. The number of carbonyl (C=O) groups excluding carboxylic acids is 2. The lowest BCUT2D eigenvalue weighted by Gasteiger charge is -2.19. The first-order valence-electron chi connectivity index (χ1n) is 21.5. The van der Waals surface area contributed by atoms with E-state index in [4.69, 9.17) is 24.3 Å². The zero-order chi connectivity index (χ0) is 38.9. The molecule has 0 saturated heterocycles. The highest BCUT2D eigenvalue weighted by molar-refractivity contribution is 7.47. The smallest absolute Gasteiger partial charge is 0.462 e. The lowest BCUT2D eigenvalue weighted by molar-refractivity contribution is -0.161. The molecule has 2 atom stereocenters. The Morgan fingerprint density at radius 2 is 0.981 bits per heavy atom. The molecule has 0 spiro atoms. The maximum atomic E-state index is 12.6. The Hall–Kier alpha value is -1.77. The van der Waals surface area contributed by atoms with Crippen molar-refractivity contribution in [1.82, 2.24) is 0 Å². The van der Waals surface area contributed by atoms with E-state index >= 15 is 0 Å². The molecule has 0 aromatic carbocycles. The minimum atomic E-state index is -4.38. The van der Waals surface area contributed by atoms with Crippen LogP contribution < -0.4 is 5.73 Å². The van der Waals surface area contributed by atoms with E-state index in [0.717, 1.165) is 70.6 Å². The number of nitrogens with two attached hydrogens (primary N) is 1. The summed E-state index contributed by atoms with van der Waals surface area (Å²) < 4.78 is 32.7. The largest absolute Gasteiger partial charge is 0.472 e. The molecular weight excluding hydrogens is 689 g/mol. The Balaban J connectivity index is 4.18. The summed E-state index contributed by atoms with van der Waals surface area (Å²) in [6, 6.07) is 0. The van der Waals surface area contributed by atoms with Gasteiger partial charge in [-0.1, -0.05) is 147 Å². The maximum absolute atomic E-state index is 12.6. The van der Waals surface area contributed by atoms with Gasteiger partial charge in [-0.15, -0.1) is 0 Å². The van der Waals surface area contributed by atoms with Crippen molar-refractivity contribution in [2.24, 2.45) is 5.73 Å². The van der Waals surface area contributed by atoms with Crippen molar-refractivity contribution < 1.29 is 37.6 Å². The summed E-state index contributed by atoms with van der Waals surface area (Å²) in [5.74, 6) is -0.846. The fourth-order valence-corrected chi connectivity index (χ4v) is 6.54. The van der Waals surface area contributed by atoms with Crippen LogP contribution in [0.25, 0.3) is 0 Å². The van der Waals surface area contributed by atoms with E-state index in [9.17, 15) is 19.0 Å². The van der Waals surface area contributed by atoms with Gasteiger partial charge in [0.2, 0.25) is 0 Å². The molecule has 0 radical (unpaired) electrons. The normalized spacial score (nSPS) is 13.7. The van der Waals surface area contributed by atoms with Gasteiger partial charge in [0.05, 0.1) is 13.2 Å². The second kappa shape index (κ2) is 39.9. The van der Waals surface area contributed by atoms with Gasteiger partial charge in [0.1, 0.15) is 6.61 Å². The Kier molecular flexibility index (Phi) is 38.6. The van der Waals surface area contributed by atoms with E-state index in [1.807, 2.05) is 0 Å². The molecule has 0 aliphatic carbocycles. The maximum Gasteiger partial charge on any atom is 0.472 e. The molecule has 310 valence electrons. The molecule has 9 nitrogen and oxygen atoms in total. The Bertz CT molecular complexity index is 970. The van der Waals surface area contributed by atoms with Gasteiger partial charge < -0.3 is 20.1 Å². The van der Waals surface area contributed by atoms with E-state index < -0.39 is 32.5 Å². The minimum Gasteiger partial charge on any atom is -0.462 e. The summed E-state index contributed by atoms with van der Waals surface area (Å²) in [7, 11) is -4.38. The number of esters is 2. The molecule has 2 unspecified atom stereocenters. The number of carbonyl (C=O) groups is 2. The molecule has 0 heterocycles. The van der Waals surface area contributed by atoms with Gasteiger partial charge in [0.25, 0.3) is 0 Å². The van der Waals surface area contributed by atoms with E-state index in [1.54, 1.807) is 0 Å². The highest BCUT2D eigenvalue weighted by Crippen LogP contribution is 2.43. The molecule has 0 bridgehead atoms. The van der Waals surface area contributed by atoms with Crippen molar-refractivity contribution in [1.29, 1.82) is 0 Å². The van der Waals surface area contributed by atoms with Crippen LogP contribution in [0.3, 0.4) is 0 Å². The first kappa shape index (κ1) is 51.2. The molecule has 0 aliphatic heterocycles. The van der Waals surface area contributed by atoms with Crippen molar-refractivity contribution in [3.05, 3.63) is 36.5 Å². The average molecular weight is 770 g/mol. The highest BCUT2D eigenvalue weighted by atomic mass is 31.2. The molecule has 0 aromatic rings. The summed E-state index contributed by atoms with van der Waals surface area (Å²) >= 11 is 0. The number of ether oxygens (including phenoxy) is 2. The van der Waals surface area contributed by atoms with Gasteiger partial charge in [0, 0.05) is 19.4 Å². The van der Waals surface area contributed by atoms with Crippen molar-refractivity contribution >= 4 is 19.8 Å². The summed E-state index contributed by atoms with van der Waals surface area (Å²) in [6.07, 6.45) is 43.1. The van der Waals surface area contributed by atoms with Crippen LogP contribution in [0.15, 0.2) is 36.5 Å². The Morgan fingerprint density at radius 1 is 0.566 bits per heavy atom. The molecule has 0 aliphatic rings. The van der Waals surface area contributed by atoms with E-state index in [1.165, 1.54) is 89.9 Å². The first-order valence-corrected chi connectivity index (χ1v) is 23.0. The number of phosphoric ester groups is 1. The number of hydrogen-bond acceptors (Lipinski definition) is 8. The van der Waals surface area contributed by atoms with E-state index in [0.29, 0.717) is 6.42 Å². The van der Waals surface area contributed by atoms with Crippen molar-refractivity contribution in [2.75, 3.05) is 26.4 Å². The lowest BCUT2D eigenvalue weighted by atomic mass is 10.1. The number of phosphoric acid groups is 1. The molecule has 0 rings (SSSR count). The van der Waals surface area contributed by atoms with E-state index in [-0.39, 0.29) is 32.6 Å². The minimum absolute atomic E-state index is 0.0506. The van der Waals surface area contributed by atoms with Crippen LogP contribution in [-0.4, -0.2) is 49.3 Å². The zero-order valence-corrected chi connectivity index (χ0v) is 34.9. The van der Waals surface area contributed by atoms with Crippen LogP contribution in [0, 0.1) is 0 Å². The van der Waals surface area contributed by atoms with Crippen LogP contribution >= 0.6 is 7.82 Å². The molecule has 3 N–H and O–H groups in total. The number of rotatable bonds is 40. The number of unbranched alkanes of at least 4 members (excludes halogenated alkanes) is 21. The topological polar surface area (TPSA) is 134 Å². The van der Waals surface area contributed by atoms with Gasteiger partial charge >= 0.3 is 19.8 Å². The van der Waals surface area contributed by atoms with Crippen molar-refractivity contribution in [3.8, 4) is 0 Å². The highest BCUT2D eigenvalue weighted by Gasteiger charge is 2.26. The van der Waals surface area contributed by atoms with Gasteiger partial charge in [-0.3, -0.25) is 18.6 Å². The molecule has 0 fully saturated rings. The van der Waals surface area contributed by atoms with E-state index in [2.05, 4.69) is 50.3 Å². The first-order chi connectivity index (χ1) is 25.8. The lowest BCUT2D eigenvalue weighted by Crippen LogP contribution is -2.29. The number of allylic oxidation sites excluding steroid dienone is 6. The fourth-order valence-electron chi connectivity index (χ4n) is 5.78. The zero-order valence-electron chi connectivity index (χ0n) is 34.0. The second-order valence-electron chi connectivity index (χ2n) is 14.2. The Morgan fingerprint density at radius 3 is 1.49 bits per heavy atom. The van der Waals surface area contributed by atoms with Crippen molar-refractivity contribution in [3.63, 3.8) is 0 Å². The number of hydrogen-bond donors (Lipinski definition) is 2. The summed E-state index contributed by atoms with van der Waals surface area (Å²) in [5, 5.41) is 0. The standard InChI is InChI=1S/C43H80NO8P/c1-3-5-7-9-11-13-15-17-19-20-22-24-26-28-30-32-34-36-43(46)52-41(40-51-53(47,48)50-38-37-44)39-49-42(45)35-33-31-29-27-25-23-21-18-16-14-12-10-8-6-4-2/h11,13,17-19,21,41H,3-10,12,14-16,20,22-40,44H2,1-2H3,(H,47,48). The fraction of sp³-hybridized carbons (Fsp3) is 0.814. The third-order valence-electron chi connectivity index (χ3n) is 9.00. The predicted molar refractivity (Wildman–Crippen MR) is 220 cm³/mol. The molecule has 0 aromatic heterocycles. The van der Waals surface area contributed by atoms with Crippen LogP contribution in [0.5, 0.6) is 0 Å². The van der Waals surface area contributed by atoms with Gasteiger partial charge in [-0.05, 0) is 70.6 Å². The molecule has 0 saturated carbocycles. The molecule has 53 heavy (non-hydrogen) atoms. The van der Waals surface area contributed by atoms with Crippen LogP contribution in [0.4, 0.5) is 0 Å². The SMILES string of the molecule is CCCCCC=CCC=CCCCCCCCCCC(=O)OC(COC(=O)CCCCCCCC=CCCCCCCCC)COP(=O)(O)OCCN. The second-order valence-corrected chi connectivity index (χ2v) is 15.7. The van der Waals surface area contributed by atoms with Gasteiger partial charge in [-0.25, -0.2) is 4.57 Å². The molecule has 10 heteroatoms. The van der Waals surface area contributed by atoms with Gasteiger partial charge in [0.15, 0.2) is 6.10 Å². The average Bonchev–Trinajstić information content (AvgIpc) is 3.14.